The number of nitro groups is 2. The van der Waals surface area contributed by atoms with Crippen LogP contribution in [0.25, 0.3) is 0 Å². The van der Waals surface area contributed by atoms with Gasteiger partial charge in [0.05, 0.1) is 9.85 Å². The van der Waals surface area contributed by atoms with Crippen LogP contribution in [0, 0.1) is 35.9 Å². The van der Waals surface area contributed by atoms with E-state index in [1.807, 2.05) is 0 Å². The van der Waals surface area contributed by atoms with Crippen molar-refractivity contribution in [3.05, 3.63) is 35.9 Å². The molecule has 0 aliphatic heterocycles. The third kappa shape index (κ3) is 5.13. The van der Waals surface area contributed by atoms with Gasteiger partial charge in [0, 0.05) is 15.4 Å². The standard InChI is InChI=1S/C6H4N12O9/c19-14(1-16(21)22)7-3-4(11-26-10-3)9-18(25)6-5(12-27-13-6)8-15(20)2-17(23)24/h1-2H2. The molecule has 2 rings (SSSR count). The first-order valence-corrected chi connectivity index (χ1v) is 6.16. The molecule has 2 aromatic heterocycles. The summed E-state index contributed by atoms with van der Waals surface area (Å²) in [5, 5.41) is 76.5. The highest BCUT2D eigenvalue weighted by molar-refractivity contribution is 5.47. The first kappa shape index (κ1) is 18.6. The van der Waals surface area contributed by atoms with Gasteiger partial charge in [-0.15, -0.1) is 9.49 Å². The molecule has 142 valence electrons. The minimum Gasteiger partial charge on any atom is -0.690 e. The van der Waals surface area contributed by atoms with Crippen molar-refractivity contribution in [1.82, 2.24) is 20.6 Å². The second-order valence-corrected chi connectivity index (χ2v) is 4.05. The Morgan fingerprint density at radius 1 is 0.704 bits per heavy atom. The van der Waals surface area contributed by atoms with Gasteiger partial charge in [-0.3, -0.25) is 20.2 Å². The Kier molecular flexibility index (Phi) is 5.45. The molecule has 0 bridgehead atoms. The molecule has 0 amide bonds. The van der Waals surface area contributed by atoms with E-state index in [1.165, 1.54) is 0 Å². The molecule has 2 aromatic rings. The number of azo groups is 3. The molecule has 21 heteroatoms. The zero-order valence-corrected chi connectivity index (χ0v) is 12.5. The van der Waals surface area contributed by atoms with Crippen LogP contribution < -0.4 is 0 Å². The van der Waals surface area contributed by atoms with E-state index in [1.54, 1.807) is 0 Å². The molecular weight excluding hydrogens is 384 g/mol. The Morgan fingerprint density at radius 2 is 1.15 bits per heavy atom. The van der Waals surface area contributed by atoms with Crippen LogP contribution in [0.15, 0.2) is 24.6 Å². The maximum atomic E-state index is 11.9. The van der Waals surface area contributed by atoms with E-state index in [0.29, 0.717) is 0 Å². The van der Waals surface area contributed by atoms with Gasteiger partial charge in [-0.05, 0) is 20.0 Å². The van der Waals surface area contributed by atoms with Crippen LogP contribution in [0.2, 0.25) is 0 Å². The number of hydrogen-bond donors (Lipinski definition) is 0. The summed E-state index contributed by atoms with van der Waals surface area (Å²) >= 11 is 0. The number of hydrogen-bond acceptors (Lipinski definition) is 16. The molecule has 27 heavy (non-hydrogen) atoms. The fourth-order valence-electron chi connectivity index (χ4n) is 1.27. The predicted octanol–water partition coefficient (Wildman–Crippen LogP) is 0.0347. The summed E-state index contributed by atoms with van der Waals surface area (Å²) in [6, 6.07) is 0. The summed E-state index contributed by atoms with van der Waals surface area (Å²) < 4.78 is 8.39. The van der Waals surface area contributed by atoms with Gasteiger partial charge in [-0.25, -0.2) is 4.63 Å². The summed E-state index contributed by atoms with van der Waals surface area (Å²) in [5.41, 5.74) is 0. The smallest absolute Gasteiger partial charge is 0.451 e. The molecule has 0 spiro atoms. The molecule has 0 atom stereocenters. The number of nitrogens with zero attached hydrogens (tertiary/aromatic N) is 12. The van der Waals surface area contributed by atoms with Crippen molar-refractivity contribution < 1.29 is 33.7 Å². The fraction of sp³-hybridized carbons (Fsp3) is 0.333. The van der Waals surface area contributed by atoms with E-state index in [9.17, 15) is 35.9 Å². The summed E-state index contributed by atoms with van der Waals surface area (Å²) in [5.74, 6) is -2.98. The molecule has 0 aliphatic carbocycles. The van der Waals surface area contributed by atoms with Crippen LogP contribution >= 0.6 is 0 Å². The monoisotopic (exact) mass is 388 g/mol. The van der Waals surface area contributed by atoms with Crippen LogP contribution in [0.3, 0.4) is 0 Å². The summed E-state index contributed by atoms with van der Waals surface area (Å²) in [6.07, 6.45) is 0. The van der Waals surface area contributed by atoms with E-state index in [0.717, 1.165) is 0 Å². The van der Waals surface area contributed by atoms with Crippen molar-refractivity contribution in [2.24, 2.45) is 15.3 Å². The molecule has 2 heterocycles. The average Bonchev–Trinajstić information content (AvgIpc) is 3.15. The van der Waals surface area contributed by atoms with E-state index in [4.69, 9.17) is 0 Å². The minimum atomic E-state index is -1.26. The van der Waals surface area contributed by atoms with Crippen LogP contribution in [-0.2, 0) is 0 Å². The van der Waals surface area contributed by atoms with Crippen molar-refractivity contribution in [1.29, 1.82) is 0 Å². The largest absolute Gasteiger partial charge is 0.690 e. The second kappa shape index (κ2) is 7.90. The Hall–Kier alpha value is -4.72. The van der Waals surface area contributed by atoms with Gasteiger partial charge < -0.3 is 15.6 Å². The maximum absolute atomic E-state index is 11.9. The lowest BCUT2D eigenvalue weighted by Gasteiger charge is -1.97. The highest BCUT2D eigenvalue weighted by atomic mass is 16.6. The third-order valence-corrected chi connectivity index (χ3v) is 2.16. The van der Waals surface area contributed by atoms with Crippen LogP contribution in [-0.4, -0.2) is 58.4 Å². The Bertz CT molecular complexity index is 941. The fourth-order valence-corrected chi connectivity index (χ4v) is 1.27. The zero-order chi connectivity index (χ0) is 20.0. The normalized spacial score (nSPS) is 13.0. The lowest BCUT2D eigenvalue weighted by Crippen LogP contribution is -2.12. The summed E-state index contributed by atoms with van der Waals surface area (Å²) in [6.45, 7) is -2.49. The van der Waals surface area contributed by atoms with Gasteiger partial charge in [0.2, 0.25) is 0 Å². The molecule has 0 aliphatic rings. The van der Waals surface area contributed by atoms with E-state index < -0.39 is 51.3 Å². The van der Waals surface area contributed by atoms with Gasteiger partial charge in [0.15, 0.2) is 5.16 Å². The highest BCUT2D eigenvalue weighted by Gasteiger charge is 2.26. The van der Waals surface area contributed by atoms with Crippen LogP contribution in [0.1, 0.15) is 0 Å². The number of aromatic nitrogens is 4. The van der Waals surface area contributed by atoms with Gasteiger partial charge >= 0.3 is 30.8 Å². The van der Waals surface area contributed by atoms with Crippen molar-refractivity contribution in [3.8, 4) is 0 Å². The first-order valence-electron chi connectivity index (χ1n) is 6.16. The van der Waals surface area contributed by atoms with Gasteiger partial charge in [-0.2, -0.15) is 0 Å². The quantitative estimate of drug-likeness (QED) is 0.190. The highest BCUT2D eigenvalue weighted by Crippen LogP contribution is 2.27. The first-order chi connectivity index (χ1) is 12.8. The van der Waals surface area contributed by atoms with E-state index in [2.05, 4.69) is 45.2 Å². The van der Waals surface area contributed by atoms with Crippen molar-refractivity contribution >= 4 is 23.3 Å². The SMILES string of the molecule is O=[N+]([O-])C[N+]([O-])=Nc1nonc1N=[N+]([O-])c1nonc1N=[N+]([O-])C[N+](=O)[O-]. The predicted molar refractivity (Wildman–Crippen MR) is 69.1 cm³/mol. The Labute approximate surface area is 143 Å². The van der Waals surface area contributed by atoms with Crippen LogP contribution in [0.4, 0.5) is 23.3 Å². The number of rotatable bonds is 8. The van der Waals surface area contributed by atoms with Gasteiger partial charge in [-0.1, -0.05) is 5.11 Å². The lowest BCUT2D eigenvalue weighted by atomic mass is 10.6. The molecule has 0 N–H and O–H groups in total. The molecule has 0 aromatic carbocycles. The van der Waals surface area contributed by atoms with E-state index in [-0.39, 0.29) is 9.72 Å². The van der Waals surface area contributed by atoms with Gasteiger partial charge in [0.25, 0.3) is 5.82 Å². The maximum Gasteiger partial charge on any atom is 0.451 e. The Balaban J connectivity index is 2.30. The van der Waals surface area contributed by atoms with Crippen LogP contribution in [0.5, 0.6) is 0 Å². The Morgan fingerprint density at radius 3 is 1.70 bits per heavy atom. The topological polar surface area (TPSA) is 279 Å². The molecule has 0 saturated carbocycles. The summed E-state index contributed by atoms with van der Waals surface area (Å²) in [7, 11) is 0. The zero-order valence-electron chi connectivity index (χ0n) is 12.5. The minimum absolute atomic E-state index is 0.351. The molecular formula is C6H4N12O9. The second-order valence-electron chi connectivity index (χ2n) is 4.05. The van der Waals surface area contributed by atoms with Crippen molar-refractivity contribution in [2.75, 3.05) is 13.3 Å². The van der Waals surface area contributed by atoms with Crippen molar-refractivity contribution in [3.63, 3.8) is 0 Å². The summed E-state index contributed by atoms with van der Waals surface area (Å²) in [4.78, 5) is 17.3. The lowest BCUT2D eigenvalue weighted by molar-refractivity contribution is -0.710. The third-order valence-electron chi connectivity index (χ3n) is 2.16. The molecule has 0 saturated heterocycles. The molecule has 0 radical (unpaired) electrons. The molecule has 0 fully saturated rings. The van der Waals surface area contributed by atoms with E-state index >= 15 is 0 Å². The molecule has 21 nitrogen and oxygen atoms in total. The molecule has 0 unspecified atom stereocenters. The number of hydroxylamine groups is 2. The van der Waals surface area contributed by atoms with Gasteiger partial charge in [0.1, 0.15) is 0 Å². The average molecular weight is 388 g/mol. The van der Waals surface area contributed by atoms with Crippen molar-refractivity contribution in [2.45, 2.75) is 0 Å².